The number of aromatic hydroxyl groups is 1. The maximum atomic E-state index is 9.28. The number of phenolic OH excluding ortho intramolecular Hbond substituents is 1. The van der Waals surface area contributed by atoms with Gasteiger partial charge in [-0.25, -0.2) is 0 Å². The number of thiol groups is 1. The van der Waals surface area contributed by atoms with Gasteiger partial charge in [0.05, 0.1) is 6.26 Å². The fourth-order valence-electron chi connectivity index (χ4n) is 3.74. The van der Waals surface area contributed by atoms with Gasteiger partial charge in [-0.3, -0.25) is 0 Å². The van der Waals surface area contributed by atoms with Crippen LogP contribution < -0.4 is 17.0 Å². The van der Waals surface area contributed by atoms with Crippen molar-refractivity contribution >= 4 is 11.8 Å². The van der Waals surface area contributed by atoms with Crippen molar-refractivity contribution in [1.29, 1.82) is 0 Å². The van der Waals surface area contributed by atoms with Gasteiger partial charge >= 0.3 is 0 Å². The Labute approximate surface area is 190 Å². The molecule has 0 saturated carbocycles. The third-order valence-electron chi connectivity index (χ3n) is 5.53. The molecule has 1 aromatic carbocycles. The molecule has 1 N–H and O–H groups in total. The average Bonchev–Trinajstić information content (AvgIpc) is 2.68. The van der Waals surface area contributed by atoms with Crippen LogP contribution in [0.2, 0.25) is 0 Å². The lowest BCUT2D eigenvalue weighted by molar-refractivity contribution is -0.00000684. The highest BCUT2D eigenvalue weighted by molar-refractivity contribution is 7.77. The standard InChI is InChI=1S/C25H44OS.BrH/c1-27-23-17-15-13-11-9-7-5-3-2-4-6-8-10-12-14-16-18-24-19-21-25(26)22-20-24;/h19-22,26H,2-18,23H2,1H3;1H. The molecule has 0 amide bonds. The van der Waals surface area contributed by atoms with Crippen LogP contribution in [0, 0.1) is 0 Å². The van der Waals surface area contributed by atoms with Gasteiger partial charge in [0, 0.05) is 0 Å². The summed E-state index contributed by atoms with van der Waals surface area (Å²) < 4.78 is 0. The molecule has 0 saturated heterocycles. The molecule has 0 heterocycles. The maximum absolute atomic E-state index is 9.28. The van der Waals surface area contributed by atoms with Gasteiger partial charge in [-0.2, -0.15) is 0 Å². The lowest BCUT2D eigenvalue weighted by Crippen LogP contribution is -3.00. The molecule has 164 valence electrons. The molecule has 3 heteroatoms. The molecular formula is C25H45BrOS. The molecule has 0 aliphatic rings. The Morgan fingerprint density at radius 2 is 0.929 bits per heavy atom. The van der Waals surface area contributed by atoms with Gasteiger partial charge < -0.3 is 22.1 Å². The number of benzene rings is 1. The van der Waals surface area contributed by atoms with Crippen molar-refractivity contribution in [2.24, 2.45) is 0 Å². The lowest BCUT2D eigenvalue weighted by atomic mass is 10.0. The Balaban J connectivity index is 0.00000729. The van der Waals surface area contributed by atoms with E-state index in [0.717, 1.165) is 6.42 Å². The zero-order valence-corrected chi connectivity index (χ0v) is 20.8. The smallest absolute Gasteiger partial charge is 0.115 e. The van der Waals surface area contributed by atoms with E-state index in [9.17, 15) is 5.11 Å². The second-order valence-corrected chi connectivity index (χ2v) is 9.19. The molecule has 1 nitrogen and oxygen atoms in total. The molecule has 0 atom stereocenters. The summed E-state index contributed by atoms with van der Waals surface area (Å²) in [4.78, 5) is 0. The van der Waals surface area contributed by atoms with Gasteiger partial charge in [-0.15, -0.1) is 0 Å². The molecule has 0 fully saturated rings. The van der Waals surface area contributed by atoms with Crippen molar-refractivity contribution in [3.8, 4) is 5.75 Å². The van der Waals surface area contributed by atoms with E-state index in [4.69, 9.17) is 0 Å². The number of hydrogen-bond acceptors (Lipinski definition) is 1. The second kappa shape index (κ2) is 21.6. The predicted octanol–water partition coefficient (Wildman–Crippen LogP) is 4.63. The molecule has 28 heavy (non-hydrogen) atoms. The minimum absolute atomic E-state index is 0. The fraction of sp³-hybridized carbons (Fsp3) is 0.760. The summed E-state index contributed by atoms with van der Waals surface area (Å²) >= 11 is 1.57. The molecule has 0 aliphatic carbocycles. The third kappa shape index (κ3) is 17.9. The van der Waals surface area contributed by atoms with Crippen molar-refractivity contribution in [3.63, 3.8) is 0 Å². The number of unbranched alkanes of at least 4 members (excludes halogenated alkanes) is 15. The first kappa shape index (κ1) is 27.8. The number of phenols is 1. The first-order chi connectivity index (χ1) is 13.3. The zero-order valence-electron chi connectivity index (χ0n) is 18.3. The van der Waals surface area contributed by atoms with Crippen LogP contribution in [0.3, 0.4) is 0 Å². The zero-order chi connectivity index (χ0) is 19.4. The Kier molecular flexibility index (Phi) is 21.4. The van der Waals surface area contributed by atoms with Crippen molar-refractivity contribution in [1.82, 2.24) is 0 Å². The van der Waals surface area contributed by atoms with Crippen LogP contribution >= 0.6 is 0 Å². The van der Waals surface area contributed by atoms with Crippen LogP contribution in [-0.2, 0) is 18.2 Å². The summed E-state index contributed by atoms with van der Waals surface area (Å²) in [6.07, 6.45) is 26.3. The number of rotatable bonds is 19. The predicted molar refractivity (Wildman–Crippen MR) is 125 cm³/mol. The molecule has 0 radical (unpaired) electrons. The van der Waals surface area contributed by atoms with Crippen LogP contribution in [0.1, 0.15) is 108 Å². The number of halogens is 1. The molecule has 0 aliphatic heterocycles. The molecule has 0 bridgehead atoms. The van der Waals surface area contributed by atoms with E-state index >= 15 is 0 Å². The molecule has 0 unspecified atom stereocenters. The van der Waals surface area contributed by atoms with Crippen molar-refractivity contribution in [2.75, 3.05) is 12.0 Å². The van der Waals surface area contributed by atoms with E-state index in [-0.39, 0.29) is 17.0 Å². The van der Waals surface area contributed by atoms with Gasteiger partial charge in [-0.1, -0.05) is 95.6 Å². The second-order valence-electron chi connectivity index (χ2n) is 8.11. The summed E-state index contributed by atoms with van der Waals surface area (Å²) in [6, 6.07) is 7.68. The number of aryl methyl sites for hydroxylation is 1. The Hall–Kier alpha value is -0.150. The first-order valence-corrected chi connectivity index (χ1v) is 13.2. The fourth-order valence-corrected chi connectivity index (χ4v) is 4.28. The Bertz CT molecular complexity index is 421. The molecule has 0 spiro atoms. The molecule has 1 aromatic rings. The van der Waals surface area contributed by atoms with Crippen LogP contribution in [0.15, 0.2) is 24.3 Å². The molecular weight excluding hydrogens is 428 g/mol. The van der Waals surface area contributed by atoms with Crippen LogP contribution in [-0.4, -0.2) is 17.1 Å². The first-order valence-electron chi connectivity index (χ1n) is 11.7. The van der Waals surface area contributed by atoms with E-state index in [0.29, 0.717) is 5.75 Å². The molecule has 0 aromatic heterocycles. The summed E-state index contributed by atoms with van der Waals surface area (Å²) in [7, 11) is 0. The van der Waals surface area contributed by atoms with E-state index < -0.39 is 0 Å². The highest BCUT2D eigenvalue weighted by Crippen LogP contribution is 2.15. The highest BCUT2D eigenvalue weighted by Gasteiger charge is 1.97. The highest BCUT2D eigenvalue weighted by atomic mass is 79.9. The van der Waals surface area contributed by atoms with Gasteiger partial charge in [0.2, 0.25) is 0 Å². The Morgan fingerprint density at radius 3 is 1.32 bits per heavy atom. The van der Waals surface area contributed by atoms with E-state index in [1.165, 1.54) is 114 Å². The van der Waals surface area contributed by atoms with E-state index in [1.54, 1.807) is 23.9 Å². The quantitative estimate of drug-likeness (QED) is 0.177. The largest absolute Gasteiger partial charge is 1.00 e. The summed E-state index contributed by atoms with van der Waals surface area (Å²) in [5.74, 6) is 1.77. The SMILES string of the molecule is C[SH+]CCCCCCCCCCCCCCCCCCc1ccc(O)cc1.[Br-]. The van der Waals surface area contributed by atoms with E-state index in [2.05, 4.69) is 6.26 Å². The van der Waals surface area contributed by atoms with Gasteiger partial charge in [0.25, 0.3) is 0 Å². The van der Waals surface area contributed by atoms with Gasteiger partial charge in [-0.05, 0) is 55.1 Å². The third-order valence-corrected chi connectivity index (χ3v) is 6.30. The van der Waals surface area contributed by atoms with Crippen molar-refractivity contribution in [3.05, 3.63) is 29.8 Å². The van der Waals surface area contributed by atoms with Gasteiger partial charge in [0.15, 0.2) is 0 Å². The summed E-state index contributed by atoms with van der Waals surface area (Å²) in [6.45, 7) is 0. The van der Waals surface area contributed by atoms with E-state index in [1.807, 2.05) is 12.1 Å². The molecule has 1 rings (SSSR count). The maximum Gasteiger partial charge on any atom is 0.115 e. The van der Waals surface area contributed by atoms with Gasteiger partial charge in [0.1, 0.15) is 11.5 Å². The van der Waals surface area contributed by atoms with Crippen molar-refractivity contribution < 1.29 is 22.1 Å². The van der Waals surface area contributed by atoms with Crippen LogP contribution in [0.4, 0.5) is 0 Å². The topological polar surface area (TPSA) is 20.2 Å². The Morgan fingerprint density at radius 1 is 0.571 bits per heavy atom. The van der Waals surface area contributed by atoms with Crippen molar-refractivity contribution in [2.45, 2.75) is 109 Å². The average molecular weight is 474 g/mol. The summed E-state index contributed by atoms with van der Waals surface area (Å²) in [5, 5.41) is 9.28. The normalized spacial score (nSPS) is 10.8. The number of hydrogen-bond donors (Lipinski definition) is 1. The van der Waals surface area contributed by atoms with Crippen LogP contribution in [0.25, 0.3) is 0 Å². The monoisotopic (exact) mass is 472 g/mol. The lowest BCUT2D eigenvalue weighted by Gasteiger charge is -2.04. The minimum Gasteiger partial charge on any atom is -1.00 e. The summed E-state index contributed by atoms with van der Waals surface area (Å²) in [5.41, 5.74) is 1.35. The minimum atomic E-state index is 0. The van der Waals surface area contributed by atoms with Crippen LogP contribution in [0.5, 0.6) is 5.75 Å².